The maximum absolute atomic E-state index is 11.5. The predicted molar refractivity (Wildman–Crippen MR) is 51.0 cm³/mol. The lowest BCUT2D eigenvalue weighted by atomic mass is 10.00. The van der Waals surface area contributed by atoms with Crippen LogP contribution in [0.2, 0.25) is 0 Å². The summed E-state index contributed by atoms with van der Waals surface area (Å²) >= 11 is 0. The van der Waals surface area contributed by atoms with Crippen molar-refractivity contribution in [3.05, 3.63) is 30.1 Å². The number of rotatable bonds is 3. The second kappa shape index (κ2) is 4.14. The molecule has 1 heterocycles. The predicted octanol–water partition coefficient (Wildman–Crippen LogP) is 1.31. The number of ketones is 1. The fourth-order valence-corrected chi connectivity index (χ4v) is 1.06. The zero-order chi connectivity index (χ0) is 9.84. The Hall–Kier alpha value is -1.22. The molecule has 0 saturated heterocycles. The van der Waals surface area contributed by atoms with E-state index in [1.54, 1.807) is 18.3 Å². The van der Waals surface area contributed by atoms with Crippen molar-refractivity contribution in [3.63, 3.8) is 0 Å². The first-order valence-electron chi connectivity index (χ1n) is 4.33. The van der Waals surface area contributed by atoms with Gasteiger partial charge in [0, 0.05) is 12.1 Å². The van der Waals surface area contributed by atoms with Crippen molar-refractivity contribution in [3.8, 4) is 0 Å². The highest BCUT2D eigenvalue weighted by atomic mass is 16.1. The van der Waals surface area contributed by atoms with Crippen molar-refractivity contribution in [2.75, 3.05) is 0 Å². The zero-order valence-corrected chi connectivity index (χ0v) is 7.90. The molecule has 1 rings (SSSR count). The fourth-order valence-electron chi connectivity index (χ4n) is 1.06. The van der Waals surface area contributed by atoms with E-state index in [9.17, 15) is 4.79 Å². The fraction of sp³-hybridized carbons (Fsp3) is 0.400. The normalized spacial score (nSPS) is 12.9. The highest BCUT2D eigenvalue weighted by molar-refractivity contribution is 5.86. The molecule has 0 spiro atoms. The van der Waals surface area contributed by atoms with Crippen molar-refractivity contribution < 1.29 is 4.79 Å². The van der Waals surface area contributed by atoms with Gasteiger partial charge in [0.1, 0.15) is 6.04 Å². The molecule has 0 fully saturated rings. The Balaban J connectivity index is 2.80. The van der Waals surface area contributed by atoms with Gasteiger partial charge in [-0.05, 0) is 12.1 Å². The third-order valence-electron chi connectivity index (χ3n) is 1.88. The van der Waals surface area contributed by atoms with Gasteiger partial charge in [-0.15, -0.1) is 0 Å². The lowest BCUT2D eigenvalue weighted by Gasteiger charge is -2.11. The summed E-state index contributed by atoms with van der Waals surface area (Å²) in [6.45, 7) is 3.68. The summed E-state index contributed by atoms with van der Waals surface area (Å²) in [6, 6.07) is 4.82. The Kier molecular flexibility index (Phi) is 3.14. The number of nitrogens with two attached hydrogens (primary N) is 1. The molecule has 1 aromatic rings. The van der Waals surface area contributed by atoms with Crippen molar-refractivity contribution in [2.24, 2.45) is 11.7 Å². The van der Waals surface area contributed by atoms with Gasteiger partial charge in [0.25, 0.3) is 0 Å². The summed E-state index contributed by atoms with van der Waals surface area (Å²) < 4.78 is 0. The monoisotopic (exact) mass is 178 g/mol. The van der Waals surface area contributed by atoms with Gasteiger partial charge in [0.2, 0.25) is 0 Å². The topological polar surface area (TPSA) is 56.0 Å². The van der Waals surface area contributed by atoms with E-state index >= 15 is 0 Å². The van der Waals surface area contributed by atoms with Gasteiger partial charge in [-0.3, -0.25) is 9.78 Å². The summed E-state index contributed by atoms with van der Waals surface area (Å²) in [6.07, 6.45) is 1.64. The first-order chi connectivity index (χ1) is 6.13. The van der Waals surface area contributed by atoms with E-state index in [0.29, 0.717) is 5.69 Å². The third kappa shape index (κ3) is 2.36. The van der Waals surface area contributed by atoms with E-state index in [4.69, 9.17) is 5.73 Å². The van der Waals surface area contributed by atoms with Crippen LogP contribution in [0.3, 0.4) is 0 Å². The van der Waals surface area contributed by atoms with Gasteiger partial charge < -0.3 is 5.73 Å². The molecule has 1 unspecified atom stereocenters. The second-order valence-corrected chi connectivity index (χ2v) is 3.29. The summed E-state index contributed by atoms with van der Waals surface area (Å²) in [5, 5.41) is 0. The van der Waals surface area contributed by atoms with Crippen LogP contribution in [0.4, 0.5) is 0 Å². The number of carbonyl (C=O) groups excluding carboxylic acids is 1. The summed E-state index contributed by atoms with van der Waals surface area (Å²) in [4.78, 5) is 15.5. The van der Waals surface area contributed by atoms with Crippen molar-refractivity contribution >= 4 is 5.78 Å². The Morgan fingerprint density at radius 2 is 2.15 bits per heavy atom. The van der Waals surface area contributed by atoms with Gasteiger partial charge in [-0.2, -0.15) is 0 Å². The molecule has 1 atom stereocenters. The number of nitrogens with zero attached hydrogens (tertiary/aromatic N) is 1. The first-order valence-corrected chi connectivity index (χ1v) is 4.33. The molecule has 3 heteroatoms. The number of hydrogen-bond donors (Lipinski definition) is 1. The molecule has 0 aliphatic heterocycles. The minimum absolute atomic E-state index is 0.0266. The molecule has 0 aliphatic carbocycles. The standard InChI is InChI=1S/C10H14N2O/c1-7(2)10(13)9(11)8-5-3-4-6-12-8/h3-7,9H,11H2,1-2H3. The van der Waals surface area contributed by atoms with E-state index in [0.717, 1.165) is 0 Å². The van der Waals surface area contributed by atoms with Gasteiger partial charge in [-0.25, -0.2) is 0 Å². The van der Waals surface area contributed by atoms with Crippen LogP contribution < -0.4 is 5.73 Å². The highest BCUT2D eigenvalue weighted by Gasteiger charge is 2.19. The smallest absolute Gasteiger partial charge is 0.158 e. The molecular formula is C10H14N2O. The Labute approximate surface area is 78.0 Å². The van der Waals surface area contributed by atoms with E-state index in [-0.39, 0.29) is 11.7 Å². The first kappa shape index (κ1) is 9.86. The molecule has 13 heavy (non-hydrogen) atoms. The Bertz CT molecular complexity index is 282. The molecule has 3 nitrogen and oxygen atoms in total. The van der Waals surface area contributed by atoms with Crippen LogP contribution in [0, 0.1) is 5.92 Å². The van der Waals surface area contributed by atoms with E-state index in [1.807, 2.05) is 19.9 Å². The van der Waals surface area contributed by atoms with E-state index < -0.39 is 6.04 Å². The Morgan fingerprint density at radius 3 is 2.62 bits per heavy atom. The van der Waals surface area contributed by atoms with Crippen molar-refractivity contribution in [2.45, 2.75) is 19.9 Å². The number of hydrogen-bond acceptors (Lipinski definition) is 3. The zero-order valence-electron chi connectivity index (χ0n) is 7.90. The minimum atomic E-state index is -0.582. The summed E-state index contributed by atoms with van der Waals surface area (Å²) in [5.41, 5.74) is 6.37. The molecule has 0 aliphatic rings. The van der Waals surface area contributed by atoms with Crippen LogP contribution in [-0.2, 0) is 4.79 Å². The molecule has 2 N–H and O–H groups in total. The van der Waals surface area contributed by atoms with Gasteiger partial charge in [0.05, 0.1) is 5.69 Å². The summed E-state index contributed by atoms with van der Waals surface area (Å²) in [7, 11) is 0. The lowest BCUT2D eigenvalue weighted by molar-refractivity contribution is -0.123. The third-order valence-corrected chi connectivity index (χ3v) is 1.88. The Morgan fingerprint density at radius 1 is 1.46 bits per heavy atom. The number of pyridine rings is 1. The van der Waals surface area contributed by atoms with Crippen molar-refractivity contribution in [1.82, 2.24) is 4.98 Å². The molecule has 0 bridgehead atoms. The second-order valence-electron chi connectivity index (χ2n) is 3.29. The van der Waals surface area contributed by atoms with Gasteiger partial charge in [0.15, 0.2) is 5.78 Å². The number of aromatic nitrogens is 1. The molecule has 0 radical (unpaired) electrons. The van der Waals surface area contributed by atoms with Crippen LogP contribution in [0.15, 0.2) is 24.4 Å². The highest BCUT2D eigenvalue weighted by Crippen LogP contribution is 2.11. The van der Waals surface area contributed by atoms with Crippen LogP contribution in [0.5, 0.6) is 0 Å². The SMILES string of the molecule is CC(C)C(=O)C(N)c1ccccn1. The van der Waals surface area contributed by atoms with Crippen LogP contribution >= 0.6 is 0 Å². The molecule has 0 saturated carbocycles. The lowest BCUT2D eigenvalue weighted by Crippen LogP contribution is -2.26. The maximum Gasteiger partial charge on any atom is 0.158 e. The van der Waals surface area contributed by atoms with E-state index in [2.05, 4.69) is 4.98 Å². The summed E-state index contributed by atoms with van der Waals surface area (Å²) in [5.74, 6) is -0.0179. The number of Topliss-reactive ketones (excluding diaryl/α,β-unsaturated/α-hetero) is 1. The van der Waals surface area contributed by atoms with Crippen LogP contribution in [0.1, 0.15) is 25.6 Å². The average molecular weight is 178 g/mol. The average Bonchev–Trinajstić information content (AvgIpc) is 2.17. The van der Waals surface area contributed by atoms with Crippen molar-refractivity contribution in [1.29, 1.82) is 0 Å². The molecule has 0 aromatic carbocycles. The molecule has 70 valence electrons. The molecule has 0 amide bonds. The maximum atomic E-state index is 11.5. The minimum Gasteiger partial charge on any atom is -0.317 e. The number of carbonyl (C=O) groups is 1. The van der Waals surface area contributed by atoms with Gasteiger partial charge in [-0.1, -0.05) is 19.9 Å². The quantitative estimate of drug-likeness (QED) is 0.759. The largest absolute Gasteiger partial charge is 0.317 e. The molecule has 1 aromatic heterocycles. The van der Waals surface area contributed by atoms with Crippen LogP contribution in [0.25, 0.3) is 0 Å². The van der Waals surface area contributed by atoms with E-state index in [1.165, 1.54) is 0 Å². The van der Waals surface area contributed by atoms with Crippen LogP contribution in [-0.4, -0.2) is 10.8 Å². The molecular weight excluding hydrogens is 164 g/mol. The van der Waals surface area contributed by atoms with Gasteiger partial charge >= 0.3 is 0 Å².